The van der Waals surface area contributed by atoms with Crippen LogP contribution < -0.4 is 20.4 Å². The molecule has 0 saturated carbocycles. The van der Waals surface area contributed by atoms with Crippen LogP contribution in [0.25, 0.3) is 76.2 Å². The average molecular weight is 1460 g/mol. The number of hydrogen-bond donors (Lipinski definition) is 0. The molecule has 1 aromatic heterocycles. The number of fused-ring (bicyclic) bond motifs is 9. The second-order valence-corrected chi connectivity index (χ2v) is 26.1. The molecular weight excluding hydrogens is 1420 g/mol. The summed E-state index contributed by atoms with van der Waals surface area (Å²) in [5.74, 6) is -76.7. The Bertz CT molecular complexity index is 4730. The van der Waals surface area contributed by atoms with E-state index < -0.39 is 125 Å². The van der Waals surface area contributed by atoms with Gasteiger partial charge in [-0.25, -0.2) is 0 Å². The predicted octanol–water partition coefficient (Wildman–Crippen LogP) is 23.5. The van der Waals surface area contributed by atoms with Gasteiger partial charge in [0.15, 0.2) is 0 Å². The van der Waals surface area contributed by atoms with E-state index in [4.69, 9.17) is 12.9 Å². The van der Waals surface area contributed by atoms with Crippen molar-refractivity contribution in [2.75, 3.05) is 0 Å². The summed E-state index contributed by atoms with van der Waals surface area (Å²) in [6.07, 6.45) is -23.9. The van der Waals surface area contributed by atoms with Crippen LogP contribution in [-0.2, 0) is 12.8 Å². The molecule has 0 bridgehead atoms. The zero-order valence-corrected chi connectivity index (χ0v) is 51.0. The molecular formula is C68H40F26O3P2. The Morgan fingerprint density at radius 2 is 0.646 bits per heavy atom. The highest BCUT2D eigenvalue weighted by atomic mass is 31.1. The largest absolute Gasteiger partial charge is 0.460 e. The smallest absolute Gasteiger partial charge is 0.391 e. The van der Waals surface area contributed by atoms with Gasteiger partial charge in [-0.3, -0.25) is 0 Å². The third kappa shape index (κ3) is 12.0. The van der Waals surface area contributed by atoms with Crippen molar-refractivity contribution in [3.63, 3.8) is 0 Å². The normalized spacial score (nSPS) is 14.0. The van der Waals surface area contributed by atoms with Crippen LogP contribution in [0, 0.1) is 0 Å². The van der Waals surface area contributed by atoms with Crippen LogP contribution in [0.1, 0.15) is 24.0 Å². The minimum Gasteiger partial charge on any atom is -0.391 e. The van der Waals surface area contributed by atoms with Gasteiger partial charge in [-0.1, -0.05) is 164 Å². The molecule has 3 nitrogen and oxygen atoms in total. The predicted molar refractivity (Wildman–Crippen MR) is 321 cm³/mol. The third-order valence-electron chi connectivity index (χ3n) is 16.6. The number of aryl methyl sites for hydroxylation is 2. The van der Waals surface area contributed by atoms with Crippen LogP contribution in [0.3, 0.4) is 0 Å². The molecule has 11 aromatic rings. The van der Waals surface area contributed by atoms with Gasteiger partial charge in [-0.2, -0.15) is 114 Å². The molecule has 10 aromatic carbocycles. The van der Waals surface area contributed by atoms with Crippen LogP contribution in [-0.4, -0.2) is 71.6 Å². The van der Waals surface area contributed by atoms with Crippen LogP contribution in [0.5, 0.6) is 5.75 Å². The number of benzene rings is 10. The van der Waals surface area contributed by atoms with Crippen LogP contribution in [0.4, 0.5) is 114 Å². The Morgan fingerprint density at radius 1 is 0.303 bits per heavy atom. The number of alkyl halides is 26. The monoisotopic (exact) mass is 1460 g/mol. The first-order valence-electron chi connectivity index (χ1n) is 28.7. The van der Waals surface area contributed by atoms with E-state index in [0.29, 0.717) is 43.8 Å². The molecule has 0 atom stereocenters. The van der Waals surface area contributed by atoms with E-state index in [2.05, 4.69) is 0 Å². The molecule has 0 amide bonds. The molecule has 0 N–H and O–H groups in total. The maximum absolute atomic E-state index is 15.3. The quantitative estimate of drug-likeness (QED) is 0.0563. The van der Waals surface area contributed by atoms with Gasteiger partial charge in [-0.05, 0) is 132 Å². The Balaban J connectivity index is 0.992. The van der Waals surface area contributed by atoms with Crippen molar-refractivity contribution in [1.82, 2.24) is 0 Å². The van der Waals surface area contributed by atoms with Gasteiger partial charge >= 0.3 is 79.8 Å². The fraction of sp³-hybridized carbons (Fsp3) is 0.235. The molecule has 11 rings (SSSR count). The molecule has 0 aliphatic heterocycles. The maximum atomic E-state index is 15.3. The Labute approximate surface area is 541 Å². The highest BCUT2D eigenvalue weighted by Crippen LogP contribution is 2.63. The van der Waals surface area contributed by atoms with Gasteiger partial charge in [0, 0.05) is 23.6 Å². The molecule has 1 heterocycles. The fourth-order valence-electron chi connectivity index (χ4n) is 11.3. The van der Waals surface area contributed by atoms with E-state index in [0.717, 1.165) is 68.7 Å². The molecule has 0 fully saturated rings. The molecule has 31 heteroatoms. The van der Waals surface area contributed by atoms with E-state index in [9.17, 15) is 96.6 Å². The maximum Gasteiger partial charge on any atom is 0.460 e. The molecule has 0 radical (unpaired) electrons. The van der Waals surface area contributed by atoms with E-state index in [1.807, 2.05) is 60.7 Å². The Kier molecular flexibility index (Phi) is 17.9. The lowest BCUT2D eigenvalue weighted by Crippen LogP contribution is -2.70. The average Bonchev–Trinajstić information content (AvgIpc) is 1.24. The summed E-state index contributed by atoms with van der Waals surface area (Å²) in [7, 11) is -4.82. The highest BCUT2D eigenvalue weighted by molar-refractivity contribution is 7.79. The lowest BCUT2D eigenvalue weighted by Gasteiger charge is -2.39. The zero-order valence-electron chi connectivity index (χ0n) is 49.2. The van der Waals surface area contributed by atoms with E-state index in [1.54, 1.807) is 66.7 Å². The lowest BCUT2D eigenvalue weighted by molar-refractivity contribution is -0.440. The van der Waals surface area contributed by atoms with E-state index in [-0.39, 0.29) is 21.7 Å². The summed E-state index contributed by atoms with van der Waals surface area (Å²) in [5, 5.41) is 6.74. The van der Waals surface area contributed by atoms with Crippen molar-refractivity contribution in [2.45, 2.75) is 97.3 Å². The third-order valence-corrected chi connectivity index (χ3v) is 20.0. The molecule has 99 heavy (non-hydrogen) atoms. The van der Waals surface area contributed by atoms with Gasteiger partial charge in [0.05, 0.1) is 0 Å². The second kappa shape index (κ2) is 24.7. The van der Waals surface area contributed by atoms with Crippen molar-refractivity contribution in [2.24, 2.45) is 0 Å². The van der Waals surface area contributed by atoms with Crippen LogP contribution in [0.15, 0.2) is 203 Å². The molecule has 0 saturated heterocycles. The van der Waals surface area contributed by atoms with Gasteiger partial charge in [0.25, 0.3) is 0 Å². The molecule has 522 valence electrons. The highest BCUT2D eigenvalue weighted by Gasteiger charge is 2.92. The second-order valence-electron chi connectivity index (χ2n) is 22.9. The molecule has 0 unspecified atom stereocenters. The Morgan fingerprint density at radius 3 is 1.07 bits per heavy atom. The molecule has 0 spiro atoms. The summed E-state index contributed by atoms with van der Waals surface area (Å²) in [4.78, 5) is 0. The minimum atomic E-state index is -8.19. The topological polar surface area (TPSA) is 35.5 Å². The van der Waals surface area contributed by atoms with Crippen molar-refractivity contribution in [3.05, 3.63) is 205 Å². The fourth-order valence-corrected chi connectivity index (χ4v) is 14.8. The van der Waals surface area contributed by atoms with Gasteiger partial charge in [0.2, 0.25) is 0 Å². The molecule has 0 aliphatic carbocycles. The summed E-state index contributed by atoms with van der Waals surface area (Å²) in [6, 6.07) is 49.9. The van der Waals surface area contributed by atoms with Crippen molar-refractivity contribution in [3.8, 4) is 16.9 Å². The number of halogens is 26. The molecule has 0 aliphatic rings. The van der Waals surface area contributed by atoms with Crippen LogP contribution in [0.2, 0.25) is 0 Å². The first kappa shape index (κ1) is 71.8. The lowest BCUT2D eigenvalue weighted by atomic mass is 9.91. The van der Waals surface area contributed by atoms with E-state index >= 15 is 17.6 Å². The minimum absolute atomic E-state index is 0.115. The van der Waals surface area contributed by atoms with Crippen molar-refractivity contribution < 1.29 is 127 Å². The van der Waals surface area contributed by atoms with Crippen molar-refractivity contribution in [1.29, 1.82) is 0 Å². The number of hydrogen-bond acceptors (Lipinski definition) is 3. The summed E-state index contributed by atoms with van der Waals surface area (Å²) < 4.78 is 387. The first-order valence-corrected chi connectivity index (χ1v) is 31.2. The standard InChI is InChI=1S/C68H40F26O3P2/c69-57(70,59(73,74)61(77,78)63(81,82)65(85,86)67(89,90)91)31-29-37-9-5-15-44(33-37)98(45-16-6-10-38(34-45)30-32-58(71,72)60(75,76)62(79,80)64(83,84)66(87,88)68(92,93)94)46-26-22-42-14-8-20-50(52(42)36-46)49-19-7-13-41-21-25-43(35-51(41)49)95-99-96-53-27-23-39-11-1-3-17-47(39)55(53)56-48-18-4-2-12-40(48)24-28-54(56)97-99/h1-28,33-36H,29-32H2. The van der Waals surface area contributed by atoms with E-state index in [1.165, 1.54) is 30.3 Å². The zero-order chi connectivity index (χ0) is 72.3. The summed E-state index contributed by atoms with van der Waals surface area (Å²) in [5.41, 5.74) is 0.577. The SMILES string of the molecule is FC(F)(F)C(F)(F)C(F)(F)C(F)(F)C(F)(F)C(F)(F)CCc1cccc(P(c2cccc(CCC(F)(F)C(F)(F)C(F)(F)C(F)(F)C(F)(F)C(F)(F)F)c2)c2ccc3cccc(-c4cccc5ccc(Op6oc7ccc8ccccc8c7c7c(ccc8ccccc87)o6)cc45)c3c2)c1. The Hall–Kier alpha value is -8.45. The van der Waals surface area contributed by atoms with Crippen LogP contribution >= 0.6 is 16.2 Å². The summed E-state index contributed by atoms with van der Waals surface area (Å²) >= 11 is 0. The first-order chi connectivity index (χ1) is 45.9. The van der Waals surface area contributed by atoms with Gasteiger partial charge in [0.1, 0.15) is 16.9 Å². The van der Waals surface area contributed by atoms with Gasteiger partial charge < -0.3 is 12.9 Å². The van der Waals surface area contributed by atoms with Crippen molar-refractivity contribution >= 4 is 97.1 Å². The summed E-state index contributed by atoms with van der Waals surface area (Å²) in [6.45, 7) is 0. The number of rotatable bonds is 20. The van der Waals surface area contributed by atoms with Gasteiger partial charge in [-0.15, -0.1) is 0 Å².